The Labute approximate surface area is 483 Å². The number of carbonyl (C=O) groups is 2. The van der Waals surface area contributed by atoms with Crippen LogP contribution in [0, 0.1) is 31.6 Å². The zero-order valence-electron chi connectivity index (χ0n) is 46.7. The molecular weight excluding hydrogens is 1130 g/mol. The number of amides is 2. The van der Waals surface area contributed by atoms with Gasteiger partial charge >= 0.3 is 6.18 Å². The third kappa shape index (κ3) is 14.9. The van der Waals surface area contributed by atoms with Crippen LogP contribution in [0.1, 0.15) is 63.4 Å². The van der Waals surface area contributed by atoms with E-state index >= 15 is 0 Å². The van der Waals surface area contributed by atoms with Crippen LogP contribution in [-0.4, -0.2) is 185 Å². The number of carbonyl (C=O) groups excluding carboxylic acids is 2. The van der Waals surface area contributed by atoms with Crippen molar-refractivity contribution in [2.75, 3.05) is 118 Å². The van der Waals surface area contributed by atoms with Gasteiger partial charge in [0, 0.05) is 81.0 Å². The van der Waals surface area contributed by atoms with Crippen molar-refractivity contribution >= 4 is 72.8 Å². The number of aryl methyl sites for hydroxylation is 1. The fourth-order valence-corrected chi connectivity index (χ4v) is 12.4. The van der Waals surface area contributed by atoms with E-state index in [-0.39, 0.29) is 106 Å². The summed E-state index contributed by atoms with van der Waals surface area (Å²) in [6, 6.07) is 9.72. The van der Waals surface area contributed by atoms with Gasteiger partial charge in [-0.25, -0.2) is 12.8 Å². The zero-order valence-corrected chi connectivity index (χ0v) is 49.1. The number of likely N-dealkylation sites (N-methyl/N-ethyl adjacent to an activating group) is 1. The lowest BCUT2D eigenvalue weighted by molar-refractivity contribution is -0.140. The van der Waals surface area contributed by atoms with Crippen LogP contribution in [0.3, 0.4) is 0 Å². The van der Waals surface area contributed by atoms with Crippen molar-refractivity contribution < 1.29 is 54.5 Å². The van der Waals surface area contributed by atoms with Crippen molar-refractivity contribution in [1.82, 2.24) is 38.8 Å². The van der Waals surface area contributed by atoms with E-state index in [1.54, 1.807) is 38.4 Å². The van der Waals surface area contributed by atoms with Gasteiger partial charge in [-0.2, -0.15) is 17.5 Å². The lowest BCUT2D eigenvalue weighted by Crippen LogP contribution is -2.46. The van der Waals surface area contributed by atoms with Gasteiger partial charge < -0.3 is 49.3 Å². The van der Waals surface area contributed by atoms with Crippen molar-refractivity contribution in [2.24, 2.45) is 10.9 Å². The number of piperidine rings is 1. The van der Waals surface area contributed by atoms with Crippen LogP contribution in [0.2, 0.25) is 0 Å². The van der Waals surface area contributed by atoms with E-state index in [9.17, 15) is 35.6 Å². The summed E-state index contributed by atoms with van der Waals surface area (Å²) in [7, 11) is 4.08. The second kappa shape index (κ2) is 27.3. The zero-order chi connectivity index (χ0) is 58.9. The molecule has 19 nitrogen and oxygen atoms in total. The van der Waals surface area contributed by atoms with Gasteiger partial charge in [0.2, 0.25) is 15.9 Å². The van der Waals surface area contributed by atoms with Gasteiger partial charge in [0.1, 0.15) is 35.3 Å². The number of thiophene rings is 1. The number of rotatable bonds is 24. The minimum absolute atomic E-state index is 0.0160. The summed E-state index contributed by atoms with van der Waals surface area (Å²) in [5.74, 6) is 6.55. The number of ether oxygens (including phenoxy) is 4. The summed E-state index contributed by atoms with van der Waals surface area (Å²) in [6.07, 6.45) is 1.32. The molecule has 1 fully saturated rings. The number of sulfonamides is 1. The molecule has 3 aromatic heterocycles. The maximum atomic E-state index is 14.9. The standard InChI is InChI=1S/C56H68ClF4N11O8S2/c1-35-50-51(37-13-15-38(57)16-14-37)65-46(32-49(73)68(3)4)53-67-66-36(2)72(53)55(50)81-52(35)54(74)63-21-24-78-26-28-80-29-27-79-25-23-70(6)82(75,76)40-17-18-45(48(31-40)77-7)62-20-9-10-39-30-41-43(64-44-19-22-69(5)33-42(44)58)11-8-12-47(41)71(39)34-56(59,60)61/h8,11-13,15-18,30-31,37,42,44,46,62,64H,14,19-29,32-34H2,1-7H3,(H,63,74)/t37?,42-,44?,46?/m0/s1. The molecule has 3 N–H and O–H groups in total. The number of aliphatic imine (C=N–C) groups is 1. The summed E-state index contributed by atoms with van der Waals surface area (Å²) in [5, 5.41) is 19.9. The number of methoxy groups -OCH3 is 1. The summed E-state index contributed by atoms with van der Waals surface area (Å²) in [5.41, 5.74) is 3.68. The van der Waals surface area contributed by atoms with Crippen LogP contribution in [0.5, 0.6) is 5.75 Å². The Balaban J connectivity index is 0.759. The van der Waals surface area contributed by atoms with Crippen molar-refractivity contribution in [3.8, 4) is 22.6 Å². The Hall–Kier alpha value is -6.37. The Morgan fingerprint density at radius 1 is 0.988 bits per heavy atom. The number of benzene rings is 2. The number of alkyl halides is 4. The highest BCUT2D eigenvalue weighted by molar-refractivity contribution is 7.89. The normalized spacial score (nSPS) is 18.3. The quantitative estimate of drug-likeness (QED) is 0.0312. The number of hydrogen-bond donors (Lipinski definition) is 3. The van der Waals surface area contributed by atoms with Crippen LogP contribution in [-0.2, 0) is 35.6 Å². The number of nitrogens with one attached hydrogen (secondary N) is 3. The minimum atomic E-state index is -4.53. The first-order valence-electron chi connectivity index (χ1n) is 26.7. The smallest absolute Gasteiger partial charge is 0.406 e. The highest BCUT2D eigenvalue weighted by Gasteiger charge is 2.37. The first-order valence-corrected chi connectivity index (χ1v) is 29.3. The Bertz CT molecular complexity index is 3390. The molecule has 2 aromatic carbocycles. The van der Waals surface area contributed by atoms with Gasteiger partial charge in [-0.15, -0.1) is 21.5 Å². The summed E-state index contributed by atoms with van der Waals surface area (Å²) < 4.78 is 110. The lowest BCUT2D eigenvalue weighted by Gasteiger charge is -2.33. The highest BCUT2D eigenvalue weighted by Crippen LogP contribution is 2.42. The molecule has 26 heteroatoms. The van der Waals surface area contributed by atoms with Crippen molar-refractivity contribution in [3.05, 3.63) is 99.1 Å². The molecule has 3 unspecified atom stereocenters. The topological polar surface area (TPSA) is 199 Å². The second-order valence-electron chi connectivity index (χ2n) is 20.2. The number of hydrogen-bond acceptors (Lipinski definition) is 15. The molecule has 0 saturated carbocycles. The van der Waals surface area contributed by atoms with E-state index in [0.717, 1.165) is 30.7 Å². The fourth-order valence-electron chi connectivity index (χ4n) is 9.76. The molecule has 1 saturated heterocycles. The van der Waals surface area contributed by atoms with Gasteiger partial charge in [-0.3, -0.25) is 19.1 Å². The van der Waals surface area contributed by atoms with Gasteiger partial charge in [0.05, 0.1) is 98.1 Å². The highest BCUT2D eigenvalue weighted by atomic mass is 35.5. The SMILES string of the molecule is COc1cc(S(=O)(=O)N(C)CCOCCOCCOCCNC(=O)c2sc3c(c2C)C(C2C=CC(Cl)=CC2)=NC(CC(=O)N(C)C)c2nnc(C)n2-3)ccc1NCC#Cc1cc2c(NC3CCN(C)C[C@@H]3F)cccc2n1CC(F)(F)F. The number of aromatic nitrogens is 4. The van der Waals surface area contributed by atoms with Crippen LogP contribution in [0.4, 0.5) is 28.9 Å². The van der Waals surface area contributed by atoms with Gasteiger partial charge in [0.15, 0.2) is 5.82 Å². The van der Waals surface area contributed by atoms with Crippen LogP contribution >= 0.6 is 22.9 Å². The van der Waals surface area contributed by atoms with Gasteiger partial charge in [0.25, 0.3) is 5.91 Å². The maximum Gasteiger partial charge on any atom is 0.406 e. The van der Waals surface area contributed by atoms with Crippen LogP contribution < -0.4 is 20.7 Å². The lowest BCUT2D eigenvalue weighted by atomic mass is 9.89. The number of anilines is 2. The average molecular weight is 1200 g/mol. The van der Waals surface area contributed by atoms with E-state index < -0.39 is 41.0 Å². The molecule has 8 rings (SSSR count). The predicted octanol–water partition coefficient (Wildman–Crippen LogP) is 7.51. The van der Waals surface area contributed by atoms with E-state index in [2.05, 4.69) is 38.0 Å². The first-order chi connectivity index (χ1) is 39.1. The molecule has 3 aliphatic rings. The van der Waals surface area contributed by atoms with E-state index in [1.165, 1.54) is 48.6 Å². The number of nitrogens with zero attached hydrogens (tertiary/aromatic N) is 8. The van der Waals surface area contributed by atoms with Gasteiger partial charge in [-0.1, -0.05) is 35.7 Å². The van der Waals surface area contributed by atoms with Crippen molar-refractivity contribution in [3.63, 3.8) is 0 Å². The van der Waals surface area contributed by atoms with Crippen molar-refractivity contribution in [2.45, 2.75) is 69.0 Å². The van der Waals surface area contributed by atoms with Crippen LogP contribution in [0.25, 0.3) is 15.9 Å². The van der Waals surface area contributed by atoms with Crippen LogP contribution in [0.15, 0.2) is 75.6 Å². The third-order valence-electron chi connectivity index (χ3n) is 14.2. The Morgan fingerprint density at radius 2 is 1.73 bits per heavy atom. The first kappa shape index (κ1) is 61.7. The molecule has 0 bridgehead atoms. The molecule has 82 heavy (non-hydrogen) atoms. The average Bonchev–Trinajstić information content (AvgIpc) is 4.13. The maximum absolute atomic E-state index is 14.9. The van der Waals surface area contributed by atoms with Gasteiger partial charge in [-0.05, 0) is 81.6 Å². The summed E-state index contributed by atoms with van der Waals surface area (Å²) >= 11 is 7.62. The van der Waals surface area contributed by atoms with E-state index in [1.807, 2.05) is 48.6 Å². The number of allylic oxidation sites excluding steroid dienone is 4. The van der Waals surface area contributed by atoms with Crippen molar-refractivity contribution in [1.29, 1.82) is 0 Å². The van der Waals surface area contributed by atoms with E-state index in [0.29, 0.717) is 63.2 Å². The summed E-state index contributed by atoms with van der Waals surface area (Å²) in [4.78, 5) is 35.8. The molecule has 5 heterocycles. The molecule has 1 aliphatic carbocycles. The number of likely N-dealkylation sites (tertiary alicyclic amines) is 1. The third-order valence-corrected chi connectivity index (χ3v) is 17.6. The molecule has 2 amide bonds. The molecule has 0 spiro atoms. The molecule has 0 radical (unpaired) electrons. The monoisotopic (exact) mass is 1200 g/mol. The minimum Gasteiger partial charge on any atom is -0.495 e. The second-order valence-corrected chi connectivity index (χ2v) is 23.7. The molecule has 442 valence electrons. The number of fused-ring (bicyclic) bond motifs is 4. The molecule has 5 aromatic rings. The largest absolute Gasteiger partial charge is 0.495 e. The predicted molar refractivity (Wildman–Crippen MR) is 308 cm³/mol. The molecule has 2 aliphatic heterocycles. The Kier molecular flexibility index (Phi) is 20.6. The molecular formula is C56H68ClF4N11O8S2. The summed E-state index contributed by atoms with van der Waals surface area (Å²) in [6.45, 7) is 4.93. The number of halogens is 5. The fraction of sp³-hybridized carbons (Fsp3) is 0.482. The molecule has 4 atom stereocenters. The Morgan fingerprint density at radius 3 is 2.43 bits per heavy atom. The van der Waals surface area contributed by atoms with E-state index in [4.69, 9.17) is 35.5 Å².